The van der Waals surface area contributed by atoms with Crippen LogP contribution < -0.4 is 15.0 Å². The largest absolute Gasteiger partial charge is 0.491 e. The zero-order valence-corrected chi connectivity index (χ0v) is 16.0. The Morgan fingerprint density at radius 3 is 2.14 bits per heavy atom. The number of hydrogen-bond donors (Lipinski definition) is 1. The van der Waals surface area contributed by atoms with Crippen LogP contribution in [-0.4, -0.2) is 49.0 Å². The highest BCUT2D eigenvalue weighted by Gasteiger charge is 2.26. The summed E-state index contributed by atoms with van der Waals surface area (Å²) in [5.74, 6) is -0.789. The van der Waals surface area contributed by atoms with Gasteiger partial charge in [0.1, 0.15) is 11.6 Å². The maximum Gasteiger partial charge on any atom is 0.313 e. The molecule has 0 saturated carbocycles. The number of benzene rings is 2. The van der Waals surface area contributed by atoms with Crippen LogP contribution in [0, 0.1) is 5.82 Å². The Morgan fingerprint density at radius 1 is 0.964 bits per heavy atom. The SMILES string of the molecule is CC(C)Oc1ccc(NC(=O)C(=O)N2CCN(c3ccc(F)cc3)CC2)cc1. The van der Waals surface area contributed by atoms with Crippen LogP contribution in [0.15, 0.2) is 48.5 Å². The summed E-state index contributed by atoms with van der Waals surface area (Å²) in [6.45, 7) is 5.92. The van der Waals surface area contributed by atoms with E-state index in [1.807, 2.05) is 13.8 Å². The second-order valence-electron chi connectivity index (χ2n) is 6.90. The lowest BCUT2D eigenvalue weighted by Gasteiger charge is -2.35. The fraction of sp³-hybridized carbons (Fsp3) is 0.333. The zero-order valence-electron chi connectivity index (χ0n) is 16.0. The molecule has 0 unspecified atom stereocenters. The van der Waals surface area contributed by atoms with Crippen LogP contribution in [0.4, 0.5) is 15.8 Å². The molecule has 0 aliphatic carbocycles. The summed E-state index contributed by atoms with van der Waals surface area (Å²) in [5.41, 5.74) is 1.45. The Hall–Kier alpha value is -3.09. The summed E-state index contributed by atoms with van der Waals surface area (Å²) >= 11 is 0. The molecule has 28 heavy (non-hydrogen) atoms. The van der Waals surface area contributed by atoms with Gasteiger partial charge in [-0.25, -0.2) is 4.39 Å². The van der Waals surface area contributed by atoms with Gasteiger partial charge in [0, 0.05) is 37.6 Å². The van der Waals surface area contributed by atoms with Gasteiger partial charge in [-0.15, -0.1) is 0 Å². The Labute approximate surface area is 163 Å². The van der Waals surface area contributed by atoms with Gasteiger partial charge in [-0.1, -0.05) is 0 Å². The van der Waals surface area contributed by atoms with E-state index in [2.05, 4.69) is 10.2 Å². The molecule has 148 valence electrons. The van der Waals surface area contributed by atoms with Gasteiger partial charge in [0.15, 0.2) is 0 Å². The lowest BCUT2D eigenvalue weighted by atomic mass is 10.2. The third kappa shape index (κ3) is 5.00. The molecule has 7 heteroatoms. The lowest BCUT2D eigenvalue weighted by Crippen LogP contribution is -2.51. The van der Waals surface area contributed by atoms with Crippen LogP contribution >= 0.6 is 0 Å². The van der Waals surface area contributed by atoms with Crippen LogP contribution in [-0.2, 0) is 9.59 Å². The van der Waals surface area contributed by atoms with E-state index in [4.69, 9.17) is 4.74 Å². The van der Waals surface area contributed by atoms with E-state index >= 15 is 0 Å². The highest BCUT2D eigenvalue weighted by atomic mass is 19.1. The summed E-state index contributed by atoms with van der Waals surface area (Å²) < 4.78 is 18.6. The average molecular weight is 385 g/mol. The van der Waals surface area contributed by atoms with Crippen molar-refractivity contribution in [3.05, 3.63) is 54.3 Å². The molecular weight excluding hydrogens is 361 g/mol. The molecule has 2 amide bonds. The summed E-state index contributed by atoms with van der Waals surface area (Å²) in [4.78, 5) is 28.3. The standard InChI is InChI=1S/C21H24FN3O3/c1-15(2)28-19-9-5-17(6-10-19)23-20(26)21(27)25-13-11-24(12-14-25)18-7-3-16(22)4-8-18/h3-10,15H,11-14H2,1-2H3,(H,23,26). The van der Waals surface area contributed by atoms with Crippen LogP contribution in [0.25, 0.3) is 0 Å². The van der Waals surface area contributed by atoms with Crippen molar-refractivity contribution in [3.8, 4) is 5.75 Å². The number of ether oxygens (including phenoxy) is 1. The van der Waals surface area contributed by atoms with Crippen molar-refractivity contribution in [2.24, 2.45) is 0 Å². The van der Waals surface area contributed by atoms with Gasteiger partial charge < -0.3 is 19.9 Å². The van der Waals surface area contributed by atoms with Crippen molar-refractivity contribution < 1.29 is 18.7 Å². The van der Waals surface area contributed by atoms with Crippen LogP contribution in [0.5, 0.6) is 5.75 Å². The molecule has 0 bridgehead atoms. The molecule has 6 nitrogen and oxygen atoms in total. The first-order valence-corrected chi connectivity index (χ1v) is 9.30. The van der Waals surface area contributed by atoms with Crippen molar-refractivity contribution in [2.45, 2.75) is 20.0 Å². The van der Waals surface area contributed by atoms with Crippen LogP contribution in [0.1, 0.15) is 13.8 Å². The number of carbonyl (C=O) groups is 2. The number of carbonyl (C=O) groups excluding carboxylic acids is 2. The first-order chi connectivity index (χ1) is 13.4. The lowest BCUT2D eigenvalue weighted by molar-refractivity contribution is -0.143. The van der Waals surface area contributed by atoms with E-state index < -0.39 is 11.8 Å². The quantitative estimate of drug-likeness (QED) is 0.822. The van der Waals surface area contributed by atoms with Crippen molar-refractivity contribution in [1.82, 2.24) is 4.90 Å². The molecule has 2 aromatic rings. The van der Waals surface area contributed by atoms with E-state index in [9.17, 15) is 14.0 Å². The third-order valence-corrected chi connectivity index (χ3v) is 4.44. The number of nitrogens with zero attached hydrogens (tertiary/aromatic N) is 2. The first-order valence-electron chi connectivity index (χ1n) is 9.30. The molecule has 2 aromatic carbocycles. The Balaban J connectivity index is 1.51. The number of piperazine rings is 1. The normalized spacial score (nSPS) is 14.1. The second-order valence-corrected chi connectivity index (χ2v) is 6.90. The maximum absolute atomic E-state index is 13.0. The van der Waals surface area contributed by atoms with Gasteiger partial charge in [-0.3, -0.25) is 9.59 Å². The molecule has 0 aromatic heterocycles. The Bertz CT molecular complexity index is 814. The van der Waals surface area contributed by atoms with Gasteiger partial charge in [-0.05, 0) is 62.4 Å². The summed E-state index contributed by atoms with van der Waals surface area (Å²) in [6.07, 6.45) is 0.0654. The molecular formula is C21H24FN3O3. The minimum atomic E-state index is -0.659. The smallest absolute Gasteiger partial charge is 0.313 e. The molecule has 1 saturated heterocycles. The van der Waals surface area contributed by atoms with E-state index in [-0.39, 0.29) is 11.9 Å². The molecule has 1 heterocycles. The fourth-order valence-corrected chi connectivity index (χ4v) is 3.04. The predicted molar refractivity (Wildman–Crippen MR) is 106 cm³/mol. The van der Waals surface area contributed by atoms with Gasteiger partial charge in [-0.2, -0.15) is 0 Å². The van der Waals surface area contributed by atoms with Gasteiger partial charge in [0.05, 0.1) is 6.10 Å². The van der Waals surface area contributed by atoms with Crippen molar-refractivity contribution in [3.63, 3.8) is 0 Å². The van der Waals surface area contributed by atoms with Crippen molar-refractivity contribution in [2.75, 3.05) is 36.4 Å². The molecule has 1 aliphatic heterocycles. The van der Waals surface area contributed by atoms with Crippen LogP contribution in [0.2, 0.25) is 0 Å². The minimum absolute atomic E-state index is 0.0654. The highest BCUT2D eigenvalue weighted by molar-refractivity contribution is 6.39. The third-order valence-electron chi connectivity index (χ3n) is 4.44. The summed E-state index contributed by atoms with van der Waals surface area (Å²) in [5, 5.41) is 2.63. The number of amides is 2. The fourth-order valence-electron chi connectivity index (χ4n) is 3.04. The number of rotatable bonds is 4. The number of halogens is 1. The topological polar surface area (TPSA) is 61.9 Å². The monoisotopic (exact) mass is 385 g/mol. The van der Waals surface area contributed by atoms with Crippen LogP contribution in [0.3, 0.4) is 0 Å². The molecule has 1 N–H and O–H groups in total. The minimum Gasteiger partial charge on any atom is -0.491 e. The average Bonchev–Trinajstić information content (AvgIpc) is 2.69. The maximum atomic E-state index is 13.0. The number of hydrogen-bond acceptors (Lipinski definition) is 4. The highest BCUT2D eigenvalue weighted by Crippen LogP contribution is 2.18. The molecule has 1 fully saturated rings. The van der Waals surface area contributed by atoms with Gasteiger partial charge >= 0.3 is 11.8 Å². The first kappa shape index (κ1) is 19.7. The Kier molecular flexibility index (Phi) is 6.13. The van der Waals surface area contributed by atoms with E-state index in [1.165, 1.54) is 17.0 Å². The summed E-state index contributed by atoms with van der Waals surface area (Å²) in [6, 6.07) is 13.2. The zero-order chi connectivity index (χ0) is 20.1. The van der Waals surface area contributed by atoms with Crippen molar-refractivity contribution in [1.29, 1.82) is 0 Å². The van der Waals surface area contributed by atoms with E-state index in [1.54, 1.807) is 36.4 Å². The molecule has 0 atom stereocenters. The van der Waals surface area contributed by atoms with Gasteiger partial charge in [0.25, 0.3) is 0 Å². The predicted octanol–water partition coefficient (Wildman–Crippen LogP) is 2.90. The molecule has 0 spiro atoms. The number of nitrogens with one attached hydrogen (secondary N) is 1. The second kappa shape index (κ2) is 8.73. The van der Waals surface area contributed by atoms with E-state index in [0.717, 1.165) is 5.69 Å². The van der Waals surface area contributed by atoms with Crippen molar-refractivity contribution >= 4 is 23.2 Å². The Morgan fingerprint density at radius 2 is 1.57 bits per heavy atom. The number of anilines is 2. The van der Waals surface area contributed by atoms with Gasteiger partial charge in [0.2, 0.25) is 0 Å². The molecule has 0 radical (unpaired) electrons. The summed E-state index contributed by atoms with van der Waals surface area (Å²) in [7, 11) is 0. The molecule has 3 rings (SSSR count). The van der Waals surface area contributed by atoms with E-state index in [0.29, 0.717) is 37.6 Å². The molecule has 1 aliphatic rings.